The van der Waals surface area contributed by atoms with Gasteiger partial charge in [-0.05, 0) is 6.92 Å². The largest absolute Gasteiger partial charge is 0.472 e. The van der Waals surface area contributed by atoms with Crippen LogP contribution in [0.5, 0.6) is 0 Å². The van der Waals surface area contributed by atoms with Crippen molar-refractivity contribution in [3.63, 3.8) is 0 Å². The van der Waals surface area contributed by atoms with Gasteiger partial charge >= 0.3 is 7.82 Å². The van der Waals surface area contributed by atoms with Crippen molar-refractivity contribution in [1.82, 2.24) is 39.0 Å². The molecule has 2 aliphatic rings. The lowest BCUT2D eigenvalue weighted by Gasteiger charge is -2.30. The highest BCUT2D eigenvalue weighted by Crippen LogP contribution is 2.50. The summed E-state index contributed by atoms with van der Waals surface area (Å²) in [6, 6.07) is 0. The van der Waals surface area contributed by atoms with Crippen LogP contribution >= 0.6 is 7.82 Å². The summed E-state index contributed by atoms with van der Waals surface area (Å²) >= 11 is 0. The number of hydrogen-bond donors (Lipinski definition) is 4. The SMILES string of the molecule is C[C@@H](OC1COP(=O)(O)O[C@H]2C[C@@H](OCO[C@@H]1CF)OC2n1cnc2c(=O)[nH]c(N)nc21)n1cnc2c(N)ncnc21. The molecule has 2 aliphatic heterocycles. The number of fused-ring (bicyclic) bond motifs is 4. The summed E-state index contributed by atoms with van der Waals surface area (Å²) < 4.78 is 63.9. The minimum atomic E-state index is -4.82. The second-order valence-corrected chi connectivity index (χ2v) is 10.8. The number of rotatable bonds is 5. The predicted molar refractivity (Wildman–Crippen MR) is 138 cm³/mol. The van der Waals surface area contributed by atoms with Crippen molar-refractivity contribution in [2.45, 2.75) is 50.4 Å². The van der Waals surface area contributed by atoms with E-state index in [2.05, 4.69) is 29.9 Å². The number of nitrogens with two attached hydrogens (primary N) is 2. The number of alkyl halides is 1. The second kappa shape index (κ2) is 11.2. The highest BCUT2D eigenvalue weighted by Gasteiger charge is 2.44. The number of nitrogens with zero attached hydrogens (tertiary/aromatic N) is 7. The minimum absolute atomic E-state index is 0.0414. The van der Waals surface area contributed by atoms with Crippen LogP contribution in [-0.2, 0) is 32.6 Å². The lowest BCUT2D eigenvalue weighted by molar-refractivity contribution is -0.227. The maximum Gasteiger partial charge on any atom is 0.472 e. The number of phosphoric acid groups is 1. The molecule has 2 saturated heterocycles. The van der Waals surface area contributed by atoms with Crippen LogP contribution in [0.15, 0.2) is 23.8 Å². The Kier molecular flexibility index (Phi) is 7.62. The molecule has 0 aromatic carbocycles. The molecule has 4 aromatic heterocycles. The van der Waals surface area contributed by atoms with Crippen molar-refractivity contribution in [3.05, 3.63) is 29.3 Å². The van der Waals surface area contributed by atoms with Crippen LogP contribution in [0.3, 0.4) is 0 Å². The predicted octanol–water partition coefficient (Wildman–Crippen LogP) is 0.117. The fourth-order valence-electron chi connectivity index (χ4n) is 4.69. The summed E-state index contributed by atoms with van der Waals surface area (Å²) in [6.07, 6.45) is -2.78. The zero-order chi connectivity index (χ0) is 29.6. The van der Waals surface area contributed by atoms with E-state index in [-0.39, 0.29) is 29.4 Å². The smallest absolute Gasteiger partial charge is 0.382 e. The van der Waals surface area contributed by atoms with E-state index in [9.17, 15) is 18.6 Å². The molecule has 6 N–H and O–H groups in total. The summed E-state index contributed by atoms with van der Waals surface area (Å²) in [6.45, 7) is -0.479. The summed E-state index contributed by atoms with van der Waals surface area (Å²) in [5.74, 6) is -0.0178. The number of H-pyrrole nitrogens is 1. The molecule has 0 spiro atoms. The van der Waals surface area contributed by atoms with Gasteiger partial charge in [0.1, 0.15) is 43.1 Å². The van der Waals surface area contributed by atoms with Gasteiger partial charge in [0.25, 0.3) is 5.56 Å². The molecule has 2 bridgehead atoms. The van der Waals surface area contributed by atoms with Crippen LogP contribution in [0.4, 0.5) is 16.2 Å². The molecular formula is C21H26FN10O9P. The minimum Gasteiger partial charge on any atom is -0.382 e. The van der Waals surface area contributed by atoms with Crippen molar-refractivity contribution in [2.75, 3.05) is 31.5 Å². The highest BCUT2D eigenvalue weighted by molar-refractivity contribution is 7.47. The molecule has 0 saturated carbocycles. The highest BCUT2D eigenvalue weighted by atomic mass is 31.2. The Morgan fingerprint density at radius 1 is 1.21 bits per heavy atom. The Bertz CT molecular complexity index is 1700. The maximum absolute atomic E-state index is 14.2. The fourth-order valence-corrected chi connectivity index (χ4v) is 5.62. The van der Waals surface area contributed by atoms with Gasteiger partial charge in [0.05, 0.1) is 19.3 Å². The van der Waals surface area contributed by atoms with Gasteiger partial charge in [-0.25, -0.2) is 28.9 Å². The summed E-state index contributed by atoms with van der Waals surface area (Å²) in [5.41, 5.74) is 11.6. The van der Waals surface area contributed by atoms with E-state index >= 15 is 0 Å². The standard InChI is InChI=1S/C21H26FN10O9P/c1-9(31-6-27-14-16(23)25-5-26-17(14)31)39-12-4-38-42(34,35)41-10-2-13(37-8-36-11(12)3-22)40-20(10)32-7-28-15-18(32)29-21(24)30-19(15)33/h5-7,9-13,20H,2-4,8H2,1H3,(H,34,35)(H2,23,25,26)(H3,24,29,30,33)/t9-,10+,11-,12?,13+,20?/m1/s1. The Morgan fingerprint density at radius 2 is 2.02 bits per heavy atom. The molecular weight excluding hydrogens is 586 g/mol. The summed E-state index contributed by atoms with van der Waals surface area (Å²) in [7, 11) is -4.82. The number of hydrogen-bond acceptors (Lipinski definition) is 15. The van der Waals surface area contributed by atoms with Crippen LogP contribution < -0.4 is 17.0 Å². The van der Waals surface area contributed by atoms with Crippen LogP contribution in [0, 0.1) is 0 Å². The first-order chi connectivity index (χ1) is 20.1. The van der Waals surface area contributed by atoms with Gasteiger partial charge in [-0.1, -0.05) is 0 Å². The third-order valence-corrected chi connectivity index (χ3v) is 7.70. The van der Waals surface area contributed by atoms with Gasteiger partial charge in [-0.15, -0.1) is 0 Å². The van der Waals surface area contributed by atoms with Crippen molar-refractivity contribution in [2.24, 2.45) is 0 Å². The summed E-state index contributed by atoms with van der Waals surface area (Å²) in [5, 5.41) is 0. The van der Waals surface area contributed by atoms with Crippen molar-refractivity contribution in [3.8, 4) is 0 Å². The first-order valence-electron chi connectivity index (χ1n) is 12.5. The van der Waals surface area contributed by atoms with E-state index in [1.165, 1.54) is 28.1 Å². The lowest BCUT2D eigenvalue weighted by atomic mass is 10.2. The molecule has 6 rings (SSSR count). The topological polar surface area (TPSA) is 252 Å². The Labute approximate surface area is 234 Å². The van der Waals surface area contributed by atoms with Crippen LogP contribution in [0.2, 0.25) is 0 Å². The normalized spacial score (nSPS) is 29.8. The van der Waals surface area contributed by atoms with E-state index in [4.69, 9.17) is 39.5 Å². The van der Waals surface area contributed by atoms with Gasteiger partial charge in [0, 0.05) is 6.42 Å². The Morgan fingerprint density at radius 3 is 2.83 bits per heavy atom. The van der Waals surface area contributed by atoms with Crippen LogP contribution in [-0.4, -0.2) is 88.6 Å². The summed E-state index contributed by atoms with van der Waals surface area (Å²) in [4.78, 5) is 45.5. The van der Waals surface area contributed by atoms with Gasteiger partial charge in [-0.2, -0.15) is 4.98 Å². The Hall–Kier alpha value is -3.62. The number of ether oxygens (including phenoxy) is 4. The van der Waals surface area contributed by atoms with Crippen LogP contribution in [0.1, 0.15) is 25.8 Å². The average molecular weight is 612 g/mol. The van der Waals surface area contributed by atoms with E-state index in [1.807, 2.05) is 0 Å². The number of imidazole rings is 2. The van der Waals surface area contributed by atoms with E-state index in [1.54, 1.807) is 6.92 Å². The second-order valence-electron chi connectivity index (χ2n) is 9.38. The fraction of sp³-hybridized carbons (Fsp3) is 0.524. The average Bonchev–Trinajstić information content (AvgIpc) is 3.66. The number of nitrogens with one attached hydrogen (secondary N) is 1. The van der Waals surface area contributed by atoms with Crippen LogP contribution in [0.25, 0.3) is 22.3 Å². The van der Waals surface area contributed by atoms with Gasteiger partial charge < -0.3 is 35.3 Å². The van der Waals surface area contributed by atoms with Gasteiger partial charge in [-0.3, -0.25) is 28.0 Å². The number of aromatic amines is 1. The number of aromatic nitrogens is 8. The number of anilines is 2. The zero-order valence-electron chi connectivity index (χ0n) is 21.8. The van der Waals surface area contributed by atoms with Crippen molar-refractivity contribution < 1.29 is 41.8 Å². The number of nitrogen functional groups attached to an aromatic ring is 2. The molecule has 226 valence electrons. The third-order valence-electron chi connectivity index (χ3n) is 6.68. The molecule has 0 amide bonds. The first-order valence-corrected chi connectivity index (χ1v) is 14.0. The third kappa shape index (κ3) is 5.45. The number of phosphoric ester groups is 1. The van der Waals surface area contributed by atoms with Crippen molar-refractivity contribution >= 4 is 41.9 Å². The molecule has 21 heteroatoms. The molecule has 0 aliphatic carbocycles. The molecule has 19 nitrogen and oxygen atoms in total. The van der Waals surface area contributed by atoms with E-state index in [0.717, 1.165) is 0 Å². The van der Waals surface area contributed by atoms with Gasteiger partial charge in [0.15, 0.2) is 41.9 Å². The molecule has 6 heterocycles. The zero-order valence-corrected chi connectivity index (χ0v) is 22.7. The van der Waals surface area contributed by atoms with Crippen molar-refractivity contribution in [1.29, 1.82) is 0 Å². The molecule has 7 atom stereocenters. The number of halogens is 1. The molecule has 0 radical (unpaired) electrons. The van der Waals surface area contributed by atoms with Gasteiger partial charge in [0.2, 0.25) is 5.95 Å². The lowest BCUT2D eigenvalue weighted by Crippen LogP contribution is -2.39. The van der Waals surface area contributed by atoms with E-state index < -0.39 is 70.5 Å². The first kappa shape index (κ1) is 28.5. The van der Waals surface area contributed by atoms with E-state index in [0.29, 0.717) is 11.2 Å². The maximum atomic E-state index is 14.2. The quantitative estimate of drug-likeness (QED) is 0.218. The Balaban J connectivity index is 1.24. The molecule has 42 heavy (non-hydrogen) atoms. The molecule has 2 fully saturated rings. The molecule has 3 unspecified atom stereocenters. The monoisotopic (exact) mass is 612 g/mol. The molecule has 4 aromatic rings.